The van der Waals surface area contributed by atoms with Crippen LogP contribution in [0.4, 0.5) is 0 Å². The maximum absolute atomic E-state index is 11.1. The first-order valence-electron chi connectivity index (χ1n) is 12.1. The zero-order chi connectivity index (χ0) is 27.7. The molecule has 0 amide bonds. The monoisotopic (exact) mass is 632 g/mol. The molecule has 0 saturated heterocycles. The van der Waals surface area contributed by atoms with Crippen LogP contribution in [0, 0.1) is 3.57 Å². The molecule has 5 aromatic rings. The van der Waals surface area contributed by atoms with E-state index in [0.717, 1.165) is 22.3 Å². The van der Waals surface area contributed by atoms with Crippen molar-refractivity contribution in [3.63, 3.8) is 0 Å². The first-order valence-corrected chi connectivity index (χ1v) is 13.1. The zero-order valence-electron chi connectivity index (χ0n) is 20.8. The molecular formula is C32H25IO6. The Balaban J connectivity index is 1.76. The number of hydrogen-bond acceptors (Lipinski definition) is 6. The Hall–Kier alpha value is -4.37. The van der Waals surface area contributed by atoms with E-state index in [0.29, 0.717) is 20.3 Å². The third-order valence-electron chi connectivity index (χ3n) is 6.68. The number of methoxy groups -OCH3 is 1. The van der Waals surface area contributed by atoms with Gasteiger partial charge in [-0.05, 0) is 111 Å². The van der Waals surface area contributed by atoms with Gasteiger partial charge in [0.1, 0.15) is 23.0 Å². The van der Waals surface area contributed by atoms with Crippen molar-refractivity contribution in [1.82, 2.24) is 0 Å². The Morgan fingerprint density at radius 1 is 0.564 bits per heavy atom. The van der Waals surface area contributed by atoms with Gasteiger partial charge in [-0.3, -0.25) is 0 Å². The van der Waals surface area contributed by atoms with Gasteiger partial charge in [-0.25, -0.2) is 0 Å². The summed E-state index contributed by atoms with van der Waals surface area (Å²) in [5.74, 6) is -0.0233. The van der Waals surface area contributed by atoms with Crippen molar-refractivity contribution in [3.05, 3.63) is 117 Å². The van der Waals surface area contributed by atoms with E-state index in [4.69, 9.17) is 4.74 Å². The molecule has 0 heterocycles. The number of ether oxygens (including phenoxy) is 1. The van der Waals surface area contributed by atoms with E-state index in [1.165, 1.54) is 7.11 Å². The zero-order valence-corrected chi connectivity index (χ0v) is 23.0. The lowest BCUT2D eigenvalue weighted by atomic mass is 9.82. The SMILES string of the molecule is COc1cc(C(c2cc(-c3ccc(O)cc3)ccc2O)c2cc(-c3ccc(O)cc3)ccc2O)cc(I)c1O. The molecule has 196 valence electrons. The highest BCUT2D eigenvalue weighted by Crippen LogP contribution is 2.46. The molecule has 5 N–H and O–H groups in total. The molecular weight excluding hydrogens is 607 g/mol. The number of halogens is 1. The lowest BCUT2D eigenvalue weighted by Crippen LogP contribution is -2.06. The molecule has 0 aromatic heterocycles. The normalized spacial score (nSPS) is 11.1. The molecule has 6 nitrogen and oxygen atoms in total. The molecule has 39 heavy (non-hydrogen) atoms. The molecule has 7 heteroatoms. The van der Waals surface area contributed by atoms with Gasteiger partial charge in [0.15, 0.2) is 11.5 Å². The van der Waals surface area contributed by atoms with E-state index in [-0.39, 0.29) is 34.5 Å². The van der Waals surface area contributed by atoms with Crippen LogP contribution in [-0.4, -0.2) is 32.6 Å². The Morgan fingerprint density at radius 3 is 1.44 bits per heavy atom. The van der Waals surface area contributed by atoms with Gasteiger partial charge in [-0.1, -0.05) is 36.4 Å². The molecule has 5 aromatic carbocycles. The summed E-state index contributed by atoms with van der Waals surface area (Å²) in [6.45, 7) is 0. The second-order valence-electron chi connectivity index (χ2n) is 9.13. The Labute approximate surface area is 239 Å². The molecule has 0 atom stereocenters. The van der Waals surface area contributed by atoms with Crippen molar-refractivity contribution >= 4 is 22.6 Å². The van der Waals surface area contributed by atoms with Gasteiger partial charge in [0, 0.05) is 17.0 Å². The first kappa shape index (κ1) is 26.2. The van der Waals surface area contributed by atoms with Gasteiger partial charge in [-0.15, -0.1) is 0 Å². The first-order chi connectivity index (χ1) is 18.7. The summed E-state index contributed by atoms with van der Waals surface area (Å²) in [6.07, 6.45) is 0. The van der Waals surface area contributed by atoms with Crippen molar-refractivity contribution < 1.29 is 30.3 Å². The summed E-state index contributed by atoms with van der Waals surface area (Å²) in [6, 6.07) is 27.5. The molecule has 0 aliphatic rings. The largest absolute Gasteiger partial charge is 0.508 e. The second kappa shape index (κ2) is 10.8. The molecule has 5 rings (SSSR count). The smallest absolute Gasteiger partial charge is 0.171 e. The van der Waals surface area contributed by atoms with E-state index < -0.39 is 5.92 Å². The van der Waals surface area contributed by atoms with Gasteiger partial charge in [-0.2, -0.15) is 0 Å². The molecule has 0 aliphatic heterocycles. The standard InChI is InChI=1S/C32H25IO6/c1-39-30-17-22(16-27(33)32(30)38)31(25-14-20(6-12-28(25)36)18-2-8-23(34)9-3-18)26-15-21(7-13-29(26)37)19-4-10-24(35)11-5-19/h2-17,31,34-38H,1H3. The van der Waals surface area contributed by atoms with E-state index in [2.05, 4.69) is 0 Å². The number of aromatic hydroxyl groups is 5. The van der Waals surface area contributed by atoms with Gasteiger partial charge in [0.25, 0.3) is 0 Å². The van der Waals surface area contributed by atoms with Crippen molar-refractivity contribution in [3.8, 4) is 56.8 Å². The van der Waals surface area contributed by atoms with Crippen molar-refractivity contribution in [2.24, 2.45) is 0 Å². The molecule has 0 unspecified atom stereocenters. The highest BCUT2D eigenvalue weighted by atomic mass is 127. The van der Waals surface area contributed by atoms with Crippen LogP contribution >= 0.6 is 22.6 Å². The van der Waals surface area contributed by atoms with Gasteiger partial charge >= 0.3 is 0 Å². The van der Waals surface area contributed by atoms with Crippen LogP contribution in [0.1, 0.15) is 22.6 Å². The van der Waals surface area contributed by atoms with Crippen LogP contribution < -0.4 is 4.74 Å². The average molecular weight is 632 g/mol. The second-order valence-corrected chi connectivity index (χ2v) is 10.3. The minimum absolute atomic E-state index is 0.00438. The van der Waals surface area contributed by atoms with E-state index >= 15 is 0 Å². The van der Waals surface area contributed by atoms with Crippen molar-refractivity contribution in [2.75, 3.05) is 7.11 Å². The van der Waals surface area contributed by atoms with E-state index in [1.54, 1.807) is 84.9 Å². The number of phenolic OH excluding ortho intramolecular Hbond substituents is 5. The topological polar surface area (TPSA) is 110 Å². The molecule has 0 bridgehead atoms. The quantitative estimate of drug-likeness (QED) is 0.0990. The van der Waals surface area contributed by atoms with Crippen LogP contribution in [0.2, 0.25) is 0 Å². The fraction of sp³-hybridized carbons (Fsp3) is 0.0625. The maximum atomic E-state index is 11.1. The van der Waals surface area contributed by atoms with Crippen molar-refractivity contribution in [2.45, 2.75) is 5.92 Å². The number of benzene rings is 5. The Morgan fingerprint density at radius 2 is 1.00 bits per heavy atom. The third-order valence-corrected chi connectivity index (χ3v) is 7.50. The van der Waals surface area contributed by atoms with Crippen LogP contribution in [0.15, 0.2) is 97.1 Å². The molecule has 0 spiro atoms. The summed E-state index contributed by atoms with van der Waals surface area (Å²) in [4.78, 5) is 0. The van der Waals surface area contributed by atoms with Crippen LogP contribution in [0.5, 0.6) is 34.5 Å². The Bertz CT molecular complexity index is 1550. The van der Waals surface area contributed by atoms with E-state index in [9.17, 15) is 25.5 Å². The average Bonchev–Trinajstić information content (AvgIpc) is 2.93. The number of rotatable bonds is 6. The fourth-order valence-corrected chi connectivity index (χ4v) is 5.31. The summed E-state index contributed by atoms with van der Waals surface area (Å²) in [7, 11) is 1.47. The molecule has 0 fully saturated rings. The fourth-order valence-electron chi connectivity index (χ4n) is 4.68. The number of phenols is 5. The highest BCUT2D eigenvalue weighted by Gasteiger charge is 2.26. The molecule has 0 saturated carbocycles. The summed E-state index contributed by atoms with van der Waals surface area (Å²) in [5.41, 5.74) is 5.04. The van der Waals surface area contributed by atoms with Crippen LogP contribution in [0.3, 0.4) is 0 Å². The third kappa shape index (κ3) is 5.31. The lowest BCUT2D eigenvalue weighted by molar-refractivity contribution is 0.371. The lowest BCUT2D eigenvalue weighted by Gasteiger charge is -2.23. The maximum Gasteiger partial charge on any atom is 0.171 e. The Kier molecular flexibility index (Phi) is 7.26. The summed E-state index contributed by atoms with van der Waals surface area (Å²) >= 11 is 2.02. The minimum atomic E-state index is -0.651. The predicted octanol–water partition coefficient (Wildman–Crippen LogP) is 7.34. The molecule has 0 radical (unpaired) electrons. The van der Waals surface area contributed by atoms with Crippen LogP contribution in [0.25, 0.3) is 22.3 Å². The summed E-state index contributed by atoms with van der Waals surface area (Å²) < 4.78 is 5.98. The number of hydrogen-bond donors (Lipinski definition) is 5. The summed E-state index contributed by atoms with van der Waals surface area (Å²) in [5, 5.41) is 52.3. The van der Waals surface area contributed by atoms with Gasteiger partial charge in [0.05, 0.1) is 10.7 Å². The van der Waals surface area contributed by atoms with Crippen LogP contribution in [-0.2, 0) is 0 Å². The van der Waals surface area contributed by atoms with E-state index in [1.807, 2.05) is 34.7 Å². The molecule has 0 aliphatic carbocycles. The minimum Gasteiger partial charge on any atom is -0.508 e. The van der Waals surface area contributed by atoms with Gasteiger partial charge in [0.2, 0.25) is 0 Å². The van der Waals surface area contributed by atoms with Gasteiger partial charge < -0.3 is 30.3 Å². The highest BCUT2D eigenvalue weighted by molar-refractivity contribution is 14.1. The van der Waals surface area contributed by atoms with Crippen molar-refractivity contribution in [1.29, 1.82) is 0 Å². The predicted molar refractivity (Wildman–Crippen MR) is 159 cm³/mol.